The second-order valence-corrected chi connectivity index (χ2v) is 7.45. The van der Waals surface area contributed by atoms with E-state index in [0.29, 0.717) is 21.8 Å². The number of nitrogens with zero attached hydrogens (tertiary/aromatic N) is 2. The molecule has 0 saturated heterocycles. The molecule has 1 amide bonds. The highest BCUT2D eigenvalue weighted by Gasteiger charge is 2.24. The maximum Gasteiger partial charge on any atom is 0.243 e. The third-order valence-electron chi connectivity index (χ3n) is 3.87. The van der Waals surface area contributed by atoms with E-state index < -0.39 is 5.25 Å². The highest BCUT2D eigenvalue weighted by molar-refractivity contribution is 8.00. The Bertz CT molecular complexity index is 1090. The highest BCUT2D eigenvalue weighted by atomic mass is 35.5. The molecule has 0 saturated carbocycles. The van der Waals surface area contributed by atoms with Crippen LogP contribution in [0.1, 0.15) is 16.6 Å². The number of carbonyl (C=O) groups is 1. The van der Waals surface area contributed by atoms with Crippen molar-refractivity contribution in [3.8, 4) is 0 Å². The second kappa shape index (κ2) is 7.46. The Labute approximate surface area is 164 Å². The van der Waals surface area contributed by atoms with Crippen molar-refractivity contribution in [1.82, 2.24) is 15.1 Å². The summed E-state index contributed by atoms with van der Waals surface area (Å²) in [6.45, 7) is 1.77. The zero-order chi connectivity index (χ0) is 18.8. The number of anilines is 1. The molecule has 8 heteroatoms. The van der Waals surface area contributed by atoms with E-state index >= 15 is 0 Å². The maximum absolute atomic E-state index is 12.9. The summed E-state index contributed by atoms with van der Waals surface area (Å²) < 4.78 is 5.02. The number of benzene rings is 2. The van der Waals surface area contributed by atoms with Gasteiger partial charge in [0.1, 0.15) is 11.0 Å². The molecule has 1 atom stereocenters. The number of thioether (sulfide) groups is 1. The van der Waals surface area contributed by atoms with Gasteiger partial charge in [-0.05, 0) is 30.7 Å². The molecule has 0 unspecified atom stereocenters. The van der Waals surface area contributed by atoms with Crippen LogP contribution in [0.15, 0.2) is 64.3 Å². The number of carbonyl (C=O) groups excluding carboxylic acids is 1. The quantitative estimate of drug-likeness (QED) is 0.463. The van der Waals surface area contributed by atoms with E-state index in [1.807, 2.05) is 42.5 Å². The Morgan fingerprint density at radius 1 is 1.22 bits per heavy atom. The van der Waals surface area contributed by atoms with Gasteiger partial charge in [-0.3, -0.25) is 4.79 Å². The lowest BCUT2D eigenvalue weighted by Crippen LogP contribution is -2.19. The Hall–Kier alpha value is -2.77. The van der Waals surface area contributed by atoms with Gasteiger partial charge in [0.25, 0.3) is 0 Å². The molecule has 6 nitrogen and oxygen atoms in total. The van der Waals surface area contributed by atoms with E-state index in [4.69, 9.17) is 16.1 Å². The lowest BCUT2D eigenvalue weighted by molar-refractivity contribution is -0.115. The van der Waals surface area contributed by atoms with Crippen LogP contribution >= 0.6 is 23.4 Å². The predicted molar refractivity (Wildman–Crippen MR) is 106 cm³/mol. The number of nitrogens with one attached hydrogen (secondary N) is 2. The van der Waals surface area contributed by atoms with Gasteiger partial charge in [0.05, 0.1) is 11.0 Å². The average Bonchev–Trinajstić information content (AvgIpc) is 3.25. The first-order chi connectivity index (χ1) is 13.1. The van der Waals surface area contributed by atoms with Gasteiger partial charge in [-0.1, -0.05) is 58.9 Å². The van der Waals surface area contributed by atoms with E-state index in [1.54, 1.807) is 19.1 Å². The first-order valence-electron chi connectivity index (χ1n) is 8.19. The van der Waals surface area contributed by atoms with Crippen LogP contribution < -0.4 is 5.32 Å². The van der Waals surface area contributed by atoms with Gasteiger partial charge >= 0.3 is 0 Å². The maximum atomic E-state index is 12.9. The fraction of sp³-hybridized carbons (Fsp3) is 0.105. The van der Waals surface area contributed by atoms with Gasteiger partial charge in [-0.25, -0.2) is 4.98 Å². The second-order valence-electron chi connectivity index (χ2n) is 5.92. The molecule has 4 aromatic rings. The van der Waals surface area contributed by atoms with Crippen LogP contribution in [0.3, 0.4) is 0 Å². The first kappa shape index (κ1) is 17.6. The molecule has 0 radical (unpaired) electrons. The Morgan fingerprint density at radius 2 is 2.04 bits per heavy atom. The SMILES string of the molecule is Cc1cc(NC(=O)[C@@H](Sc2nc3ccc(Cl)cc3[nH]2)c2ccccc2)no1. The van der Waals surface area contributed by atoms with Crippen molar-refractivity contribution in [3.63, 3.8) is 0 Å². The number of hydrogen-bond acceptors (Lipinski definition) is 5. The van der Waals surface area contributed by atoms with Gasteiger partial charge in [-0.2, -0.15) is 0 Å². The molecule has 0 aliphatic carbocycles. The molecule has 4 rings (SSSR count). The minimum absolute atomic E-state index is 0.210. The summed E-state index contributed by atoms with van der Waals surface area (Å²) in [7, 11) is 0. The Balaban J connectivity index is 1.63. The molecule has 0 fully saturated rings. The number of imidazole rings is 1. The smallest absolute Gasteiger partial charge is 0.243 e. The van der Waals surface area contributed by atoms with Gasteiger partial charge < -0.3 is 14.8 Å². The summed E-state index contributed by atoms with van der Waals surface area (Å²) in [5.74, 6) is 0.803. The summed E-state index contributed by atoms with van der Waals surface area (Å²) in [5.41, 5.74) is 2.48. The number of aromatic amines is 1. The van der Waals surface area contributed by atoms with Crippen LogP contribution in [0.2, 0.25) is 5.02 Å². The van der Waals surface area contributed by atoms with Gasteiger partial charge in [0, 0.05) is 11.1 Å². The van der Waals surface area contributed by atoms with Crippen molar-refractivity contribution < 1.29 is 9.32 Å². The van der Waals surface area contributed by atoms with Crippen LogP contribution in [-0.2, 0) is 4.79 Å². The van der Waals surface area contributed by atoms with Crippen molar-refractivity contribution >= 4 is 46.1 Å². The normalized spacial score (nSPS) is 12.2. The fourth-order valence-electron chi connectivity index (χ4n) is 2.64. The molecule has 0 aliphatic rings. The number of hydrogen-bond donors (Lipinski definition) is 2. The number of rotatable bonds is 5. The summed E-state index contributed by atoms with van der Waals surface area (Å²) in [5, 5.41) is 7.37. The largest absolute Gasteiger partial charge is 0.360 e. The van der Waals surface area contributed by atoms with Crippen LogP contribution in [0.25, 0.3) is 11.0 Å². The lowest BCUT2D eigenvalue weighted by atomic mass is 10.1. The molecule has 2 aromatic heterocycles. The minimum Gasteiger partial charge on any atom is -0.360 e. The minimum atomic E-state index is -0.515. The molecule has 0 bridgehead atoms. The molecule has 27 heavy (non-hydrogen) atoms. The molecule has 0 aliphatic heterocycles. The van der Waals surface area contributed by atoms with Crippen molar-refractivity contribution in [2.45, 2.75) is 17.3 Å². The van der Waals surface area contributed by atoms with Crippen LogP contribution in [0.4, 0.5) is 5.82 Å². The lowest BCUT2D eigenvalue weighted by Gasteiger charge is -2.14. The molecule has 2 heterocycles. The zero-order valence-corrected chi connectivity index (χ0v) is 15.8. The van der Waals surface area contributed by atoms with Crippen LogP contribution in [0.5, 0.6) is 0 Å². The van der Waals surface area contributed by atoms with Crippen molar-refractivity contribution in [3.05, 3.63) is 70.9 Å². The summed E-state index contributed by atoms with van der Waals surface area (Å²) in [6.07, 6.45) is 0. The van der Waals surface area contributed by atoms with E-state index in [9.17, 15) is 4.79 Å². The van der Waals surface area contributed by atoms with Gasteiger partial charge in [0.15, 0.2) is 11.0 Å². The monoisotopic (exact) mass is 398 g/mol. The van der Waals surface area contributed by atoms with E-state index in [-0.39, 0.29) is 5.91 Å². The van der Waals surface area contributed by atoms with E-state index in [0.717, 1.165) is 16.6 Å². The highest BCUT2D eigenvalue weighted by Crippen LogP contribution is 2.35. The van der Waals surface area contributed by atoms with Crippen LogP contribution in [0, 0.1) is 6.92 Å². The third-order valence-corrected chi connectivity index (χ3v) is 5.25. The molecular weight excluding hydrogens is 384 g/mol. The topological polar surface area (TPSA) is 83.8 Å². The van der Waals surface area contributed by atoms with E-state index in [2.05, 4.69) is 20.4 Å². The Morgan fingerprint density at radius 3 is 2.78 bits per heavy atom. The number of H-pyrrole nitrogens is 1. The number of fused-ring (bicyclic) bond motifs is 1. The molecule has 0 spiro atoms. The average molecular weight is 399 g/mol. The standard InChI is InChI=1S/C19H15ClN4O2S/c1-11-9-16(24-26-11)23-18(25)17(12-5-3-2-4-6-12)27-19-21-14-8-7-13(20)10-15(14)22-19/h2-10,17H,1H3,(H,21,22)(H,23,24,25)/t17-/m0/s1. The van der Waals surface area contributed by atoms with E-state index in [1.165, 1.54) is 11.8 Å². The zero-order valence-electron chi connectivity index (χ0n) is 14.3. The van der Waals surface area contributed by atoms with Crippen LogP contribution in [-0.4, -0.2) is 21.0 Å². The van der Waals surface area contributed by atoms with Crippen molar-refractivity contribution in [2.75, 3.05) is 5.32 Å². The number of halogens is 1. The molecule has 136 valence electrons. The number of aryl methyl sites for hydroxylation is 1. The first-order valence-corrected chi connectivity index (χ1v) is 9.45. The fourth-order valence-corrected chi connectivity index (χ4v) is 3.82. The summed E-state index contributed by atoms with van der Waals surface area (Å²) in [4.78, 5) is 20.7. The molecule has 2 aromatic carbocycles. The number of amides is 1. The number of aromatic nitrogens is 3. The predicted octanol–water partition coefficient (Wildman–Crippen LogP) is 4.98. The van der Waals surface area contributed by atoms with Gasteiger partial charge in [-0.15, -0.1) is 0 Å². The Kier molecular flexibility index (Phi) is 4.87. The van der Waals surface area contributed by atoms with Crippen molar-refractivity contribution in [2.24, 2.45) is 0 Å². The summed E-state index contributed by atoms with van der Waals surface area (Å²) in [6, 6.07) is 16.6. The van der Waals surface area contributed by atoms with Gasteiger partial charge in [0.2, 0.25) is 5.91 Å². The molecule has 2 N–H and O–H groups in total. The molecular formula is C19H15ClN4O2S. The summed E-state index contributed by atoms with van der Waals surface area (Å²) >= 11 is 7.37. The third kappa shape index (κ3) is 3.99. The van der Waals surface area contributed by atoms with Crippen molar-refractivity contribution in [1.29, 1.82) is 0 Å².